The quantitative estimate of drug-likeness (QED) is 0.881. The molecule has 27 heavy (non-hydrogen) atoms. The first kappa shape index (κ1) is 17.6. The fourth-order valence-corrected chi connectivity index (χ4v) is 3.97. The van der Waals surface area contributed by atoms with Crippen molar-refractivity contribution in [3.63, 3.8) is 0 Å². The molecule has 2 amide bonds. The molecule has 6 nitrogen and oxygen atoms in total. The van der Waals surface area contributed by atoms with Crippen LogP contribution in [0.4, 0.5) is 0 Å². The molecule has 4 rings (SSSR count). The Morgan fingerprint density at radius 1 is 1.22 bits per heavy atom. The van der Waals surface area contributed by atoms with Gasteiger partial charge in [-0.1, -0.05) is 18.2 Å². The van der Waals surface area contributed by atoms with E-state index >= 15 is 0 Å². The highest BCUT2D eigenvalue weighted by Crippen LogP contribution is 2.30. The number of fused-ring (bicyclic) bond motifs is 1. The van der Waals surface area contributed by atoms with Crippen LogP contribution in [0.3, 0.4) is 0 Å². The first-order chi connectivity index (χ1) is 13.1. The van der Waals surface area contributed by atoms with E-state index < -0.39 is 5.54 Å². The Labute approximate surface area is 158 Å². The molecular formula is C21H24N2O4. The van der Waals surface area contributed by atoms with Crippen molar-refractivity contribution in [1.29, 1.82) is 0 Å². The molecule has 0 saturated carbocycles. The Morgan fingerprint density at radius 3 is 2.89 bits per heavy atom. The van der Waals surface area contributed by atoms with Gasteiger partial charge in [-0.2, -0.15) is 0 Å². The zero-order valence-electron chi connectivity index (χ0n) is 15.3. The lowest BCUT2D eigenvalue weighted by Gasteiger charge is -2.29. The first-order valence-corrected chi connectivity index (χ1v) is 9.45. The number of furan rings is 1. The largest absolute Gasteiger partial charge is 0.491 e. The molecule has 142 valence electrons. The minimum atomic E-state index is -0.398. The highest BCUT2D eigenvalue weighted by Gasteiger charge is 2.39. The third-order valence-corrected chi connectivity index (χ3v) is 5.45. The monoisotopic (exact) mass is 368 g/mol. The van der Waals surface area contributed by atoms with Crippen molar-refractivity contribution in [3.05, 3.63) is 54.0 Å². The van der Waals surface area contributed by atoms with Gasteiger partial charge in [0.25, 0.3) is 0 Å². The maximum atomic E-state index is 12.9. The number of hydrogen-bond acceptors (Lipinski definition) is 4. The zero-order valence-corrected chi connectivity index (χ0v) is 15.3. The van der Waals surface area contributed by atoms with E-state index in [9.17, 15) is 9.59 Å². The van der Waals surface area contributed by atoms with E-state index in [1.807, 2.05) is 41.3 Å². The Morgan fingerprint density at radius 2 is 2.11 bits per heavy atom. The van der Waals surface area contributed by atoms with Crippen molar-refractivity contribution in [1.82, 2.24) is 10.2 Å². The molecule has 2 aliphatic heterocycles. The highest BCUT2D eigenvalue weighted by atomic mass is 16.5. The van der Waals surface area contributed by atoms with E-state index in [1.54, 1.807) is 6.26 Å². The number of hydrogen-bond donors (Lipinski definition) is 1. The standard InChI is InChI=1S/C21H24N2O4/c24-19-7-9-21(22-19,14-17-5-3-12-26-17)10-8-20(25)23-11-13-27-18-6-2-1-4-16(18)15-23/h1-6,12H,7-11,13-15H2,(H,22,24)/t21-/m1/s1. The molecule has 1 atom stereocenters. The summed E-state index contributed by atoms with van der Waals surface area (Å²) in [7, 11) is 0. The third-order valence-electron chi connectivity index (χ3n) is 5.45. The number of benzene rings is 1. The molecule has 1 N–H and O–H groups in total. The second-order valence-electron chi connectivity index (χ2n) is 7.36. The van der Waals surface area contributed by atoms with Gasteiger partial charge >= 0.3 is 0 Å². The summed E-state index contributed by atoms with van der Waals surface area (Å²) >= 11 is 0. The summed E-state index contributed by atoms with van der Waals surface area (Å²) in [5.74, 6) is 1.83. The summed E-state index contributed by atoms with van der Waals surface area (Å²) in [5, 5.41) is 3.10. The number of para-hydroxylation sites is 1. The molecular weight excluding hydrogens is 344 g/mol. The number of nitrogens with zero attached hydrogens (tertiary/aromatic N) is 1. The lowest BCUT2D eigenvalue weighted by Crippen LogP contribution is -2.45. The second kappa shape index (κ2) is 7.47. The van der Waals surface area contributed by atoms with Crippen molar-refractivity contribution < 1.29 is 18.7 Å². The van der Waals surface area contributed by atoms with E-state index in [0.717, 1.165) is 23.5 Å². The van der Waals surface area contributed by atoms with E-state index in [1.165, 1.54) is 0 Å². The molecule has 3 heterocycles. The van der Waals surface area contributed by atoms with Gasteiger partial charge < -0.3 is 19.4 Å². The molecule has 0 unspecified atom stereocenters. The molecule has 6 heteroatoms. The zero-order chi connectivity index (χ0) is 18.7. The predicted molar refractivity (Wildman–Crippen MR) is 99.1 cm³/mol. The highest BCUT2D eigenvalue weighted by molar-refractivity contribution is 5.80. The van der Waals surface area contributed by atoms with Gasteiger partial charge in [0, 0.05) is 36.9 Å². The van der Waals surface area contributed by atoms with E-state index in [2.05, 4.69) is 5.32 Å². The van der Waals surface area contributed by atoms with Crippen molar-refractivity contribution in [2.24, 2.45) is 0 Å². The number of rotatable bonds is 5. The van der Waals surface area contributed by atoms with Crippen LogP contribution in [-0.2, 0) is 22.6 Å². The smallest absolute Gasteiger partial charge is 0.223 e. The molecule has 0 spiro atoms. The predicted octanol–water partition coefficient (Wildman–Crippen LogP) is 2.67. The van der Waals surface area contributed by atoms with Crippen molar-refractivity contribution >= 4 is 11.8 Å². The van der Waals surface area contributed by atoms with E-state index in [4.69, 9.17) is 9.15 Å². The lowest BCUT2D eigenvalue weighted by atomic mass is 9.87. The number of ether oxygens (including phenoxy) is 1. The van der Waals surface area contributed by atoms with E-state index in [0.29, 0.717) is 45.4 Å². The number of carbonyl (C=O) groups excluding carboxylic acids is 2. The average Bonchev–Trinajstić information content (AvgIpc) is 3.24. The normalized spacial score (nSPS) is 21.9. The summed E-state index contributed by atoms with van der Waals surface area (Å²) in [6.07, 6.45) is 4.48. The van der Waals surface area contributed by atoms with Crippen molar-refractivity contribution in [3.8, 4) is 5.75 Å². The van der Waals surface area contributed by atoms with Crippen LogP contribution >= 0.6 is 0 Å². The van der Waals surface area contributed by atoms with Crippen LogP contribution < -0.4 is 10.1 Å². The average molecular weight is 368 g/mol. The molecule has 1 fully saturated rings. The molecule has 0 radical (unpaired) electrons. The summed E-state index contributed by atoms with van der Waals surface area (Å²) in [6.45, 7) is 1.63. The van der Waals surface area contributed by atoms with Crippen molar-refractivity contribution in [2.45, 2.75) is 44.2 Å². The minimum absolute atomic E-state index is 0.0473. The van der Waals surface area contributed by atoms with Gasteiger partial charge in [-0.25, -0.2) is 0 Å². The summed E-state index contributed by atoms with van der Waals surface area (Å²) in [6, 6.07) is 11.6. The van der Waals surface area contributed by atoms with Gasteiger partial charge in [0.2, 0.25) is 11.8 Å². The molecule has 1 aromatic carbocycles. The summed E-state index contributed by atoms with van der Waals surface area (Å²) in [5.41, 5.74) is 0.632. The van der Waals surface area contributed by atoms with Crippen LogP contribution in [0.2, 0.25) is 0 Å². The SMILES string of the molecule is O=C1CC[C@@](CCC(=O)N2CCOc3ccccc3C2)(Cc2ccco2)N1. The summed E-state index contributed by atoms with van der Waals surface area (Å²) in [4.78, 5) is 26.6. The minimum Gasteiger partial charge on any atom is -0.491 e. The molecule has 1 saturated heterocycles. The van der Waals surface area contributed by atoms with Gasteiger partial charge in [-0.15, -0.1) is 0 Å². The Bertz CT molecular complexity index is 817. The lowest BCUT2D eigenvalue weighted by molar-refractivity contribution is -0.132. The summed E-state index contributed by atoms with van der Waals surface area (Å²) < 4.78 is 11.2. The maximum absolute atomic E-state index is 12.9. The fraction of sp³-hybridized carbons (Fsp3) is 0.429. The maximum Gasteiger partial charge on any atom is 0.223 e. The van der Waals surface area contributed by atoms with Gasteiger partial charge in [-0.3, -0.25) is 9.59 Å². The molecule has 1 aromatic heterocycles. The number of amides is 2. The molecule has 2 aromatic rings. The Kier molecular flexibility index (Phi) is 4.88. The van der Waals surface area contributed by atoms with Crippen LogP contribution in [0.25, 0.3) is 0 Å². The first-order valence-electron chi connectivity index (χ1n) is 9.45. The van der Waals surface area contributed by atoms with Crippen LogP contribution in [-0.4, -0.2) is 35.4 Å². The number of carbonyl (C=O) groups is 2. The Balaban J connectivity index is 1.42. The van der Waals surface area contributed by atoms with Gasteiger partial charge in [0.15, 0.2) is 0 Å². The molecule has 0 bridgehead atoms. The van der Waals surface area contributed by atoms with Gasteiger partial charge in [0.1, 0.15) is 18.1 Å². The van der Waals surface area contributed by atoms with Crippen LogP contribution in [0.1, 0.15) is 37.0 Å². The van der Waals surface area contributed by atoms with Gasteiger partial charge in [0.05, 0.1) is 12.8 Å². The van der Waals surface area contributed by atoms with E-state index in [-0.39, 0.29) is 11.8 Å². The van der Waals surface area contributed by atoms with Gasteiger partial charge in [-0.05, 0) is 31.0 Å². The molecule has 2 aliphatic rings. The van der Waals surface area contributed by atoms with Crippen LogP contribution in [0.15, 0.2) is 47.1 Å². The van der Waals surface area contributed by atoms with Crippen LogP contribution in [0, 0.1) is 0 Å². The third kappa shape index (κ3) is 3.99. The number of nitrogens with one attached hydrogen (secondary N) is 1. The molecule has 0 aliphatic carbocycles. The van der Waals surface area contributed by atoms with Crippen molar-refractivity contribution in [2.75, 3.05) is 13.2 Å². The fourth-order valence-electron chi connectivity index (χ4n) is 3.97. The topological polar surface area (TPSA) is 71.8 Å². The van der Waals surface area contributed by atoms with Crippen LogP contribution in [0.5, 0.6) is 5.75 Å². The Hall–Kier alpha value is -2.76. The second-order valence-corrected chi connectivity index (χ2v) is 7.36.